The largest absolute Gasteiger partial charge is 0.492 e. The summed E-state index contributed by atoms with van der Waals surface area (Å²) in [5.41, 5.74) is 6.86. The molecule has 6 rings (SSSR count). The maximum Gasteiger partial charge on any atom is 0.255 e. The number of amides is 1. The summed E-state index contributed by atoms with van der Waals surface area (Å²) in [7, 11) is 1.41. The van der Waals surface area contributed by atoms with Crippen LogP contribution in [0.5, 0.6) is 11.5 Å². The van der Waals surface area contributed by atoms with Gasteiger partial charge < -0.3 is 25.1 Å². The number of aryl methyl sites for hydroxylation is 1. The molecule has 1 amide bonds. The van der Waals surface area contributed by atoms with Gasteiger partial charge in [-0.3, -0.25) is 14.9 Å². The summed E-state index contributed by atoms with van der Waals surface area (Å²) in [6.45, 7) is 0.824. The standard InChI is InChI=1S/C26H25FN6O3/c1-35-25-16(27)5-3-7-19(25)31-24-22-18(9-11-29-26(22)34)30-23(24)15-8-10-28-12-21(15)36-13-20-14-4-2-6-17(14)32-33-20/h3,5,7-8,10,12,30-31H,2,4,6,9,11,13H2,1H3,(H,29,34)(H,32,33). The summed E-state index contributed by atoms with van der Waals surface area (Å²) in [6, 6.07) is 6.44. The van der Waals surface area contributed by atoms with E-state index in [0.29, 0.717) is 48.0 Å². The van der Waals surface area contributed by atoms with Gasteiger partial charge >= 0.3 is 0 Å². The molecule has 0 saturated carbocycles. The molecule has 0 atom stereocenters. The summed E-state index contributed by atoms with van der Waals surface area (Å²) in [5, 5.41) is 13.7. The highest BCUT2D eigenvalue weighted by atomic mass is 19.1. The molecule has 0 bridgehead atoms. The summed E-state index contributed by atoms with van der Waals surface area (Å²) < 4.78 is 25.9. The average Bonchev–Trinajstić information content (AvgIpc) is 3.59. The Morgan fingerprint density at radius 2 is 2.08 bits per heavy atom. The van der Waals surface area contributed by atoms with Gasteiger partial charge in [0.05, 0.1) is 35.9 Å². The summed E-state index contributed by atoms with van der Waals surface area (Å²) in [5.74, 6) is -0.105. The molecule has 0 unspecified atom stereocenters. The van der Waals surface area contributed by atoms with Crippen molar-refractivity contribution in [2.75, 3.05) is 19.0 Å². The SMILES string of the molecule is COc1c(F)cccc1Nc1c(-c2ccncc2OCc2n[nH]c3c2CCC3)[nH]c2c1C(=O)NCC2. The predicted molar refractivity (Wildman–Crippen MR) is 131 cm³/mol. The molecule has 184 valence electrons. The number of aromatic amines is 2. The number of carbonyl (C=O) groups is 1. The van der Waals surface area contributed by atoms with E-state index in [4.69, 9.17) is 9.47 Å². The molecular weight excluding hydrogens is 463 g/mol. The van der Waals surface area contributed by atoms with E-state index < -0.39 is 5.82 Å². The fourth-order valence-electron chi connectivity index (χ4n) is 5.01. The van der Waals surface area contributed by atoms with Crippen LogP contribution in [0.15, 0.2) is 36.7 Å². The Bertz CT molecular complexity index is 1460. The molecule has 36 heavy (non-hydrogen) atoms. The maximum absolute atomic E-state index is 14.4. The van der Waals surface area contributed by atoms with Gasteiger partial charge in [-0.1, -0.05) is 6.07 Å². The molecule has 9 nitrogen and oxygen atoms in total. The van der Waals surface area contributed by atoms with Crippen LogP contribution in [0.4, 0.5) is 15.8 Å². The van der Waals surface area contributed by atoms with E-state index in [9.17, 15) is 9.18 Å². The Morgan fingerprint density at radius 1 is 1.17 bits per heavy atom. The van der Waals surface area contributed by atoms with Crippen molar-refractivity contribution < 1.29 is 18.7 Å². The van der Waals surface area contributed by atoms with Crippen LogP contribution in [-0.4, -0.2) is 39.7 Å². The number of nitrogens with one attached hydrogen (secondary N) is 4. The number of hydrogen-bond donors (Lipinski definition) is 4. The number of carbonyl (C=O) groups excluding carboxylic acids is 1. The molecule has 1 aliphatic carbocycles. The topological polar surface area (TPSA) is 117 Å². The van der Waals surface area contributed by atoms with Gasteiger partial charge in [0.1, 0.15) is 18.1 Å². The number of methoxy groups -OCH3 is 1. The molecule has 0 spiro atoms. The van der Waals surface area contributed by atoms with E-state index >= 15 is 0 Å². The molecule has 4 heterocycles. The van der Waals surface area contributed by atoms with Crippen molar-refractivity contribution >= 4 is 17.3 Å². The molecule has 1 aromatic carbocycles. The van der Waals surface area contributed by atoms with Crippen LogP contribution < -0.4 is 20.1 Å². The van der Waals surface area contributed by atoms with Gasteiger partial charge in [0.15, 0.2) is 11.6 Å². The first-order chi connectivity index (χ1) is 17.6. The zero-order valence-electron chi connectivity index (χ0n) is 19.7. The van der Waals surface area contributed by atoms with Crippen LogP contribution in [0, 0.1) is 5.82 Å². The first kappa shape index (κ1) is 22.1. The minimum atomic E-state index is -0.502. The molecule has 4 N–H and O–H groups in total. The van der Waals surface area contributed by atoms with Crippen molar-refractivity contribution in [2.24, 2.45) is 0 Å². The first-order valence-electron chi connectivity index (χ1n) is 11.9. The number of H-pyrrole nitrogens is 2. The first-order valence-corrected chi connectivity index (χ1v) is 11.9. The molecule has 0 saturated heterocycles. The molecule has 4 aromatic rings. The van der Waals surface area contributed by atoms with Crippen molar-refractivity contribution in [1.29, 1.82) is 0 Å². The number of fused-ring (bicyclic) bond motifs is 2. The van der Waals surface area contributed by atoms with E-state index in [2.05, 4.69) is 30.8 Å². The lowest BCUT2D eigenvalue weighted by Crippen LogP contribution is -2.31. The molecule has 10 heteroatoms. The summed E-state index contributed by atoms with van der Waals surface area (Å²) in [6.07, 6.45) is 7.07. The highest BCUT2D eigenvalue weighted by Gasteiger charge is 2.29. The Labute approximate surface area is 206 Å². The van der Waals surface area contributed by atoms with Crippen molar-refractivity contribution in [2.45, 2.75) is 32.3 Å². The molecule has 1 aliphatic heterocycles. The lowest BCUT2D eigenvalue weighted by atomic mass is 10.0. The number of para-hydroxylation sites is 1. The average molecular weight is 489 g/mol. The van der Waals surface area contributed by atoms with E-state index in [1.807, 2.05) is 6.07 Å². The number of halogens is 1. The number of pyridine rings is 1. The van der Waals surface area contributed by atoms with Gasteiger partial charge in [0.2, 0.25) is 0 Å². The Hall–Kier alpha value is -4.34. The Balaban J connectivity index is 1.41. The van der Waals surface area contributed by atoms with Crippen molar-refractivity contribution in [3.05, 3.63) is 70.7 Å². The van der Waals surface area contributed by atoms with Crippen molar-refractivity contribution in [3.63, 3.8) is 0 Å². The summed E-state index contributed by atoms with van der Waals surface area (Å²) in [4.78, 5) is 20.6. The smallest absolute Gasteiger partial charge is 0.255 e. The Morgan fingerprint density at radius 3 is 2.97 bits per heavy atom. The lowest BCUT2D eigenvalue weighted by molar-refractivity contribution is 0.0947. The highest BCUT2D eigenvalue weighted by Crippen LogP contribution is 2.42. The van der Waals surface area contributed by atoms with Gasteiger partial charge in [0.25, 0.3) is 5.91 Å². The minimum absolute atomic E-state index is 0.0632. The summed E-state index contributed by atoms with van der Waals surface area (Å²) >= 11 is 0. The van der Waals surface area contributed by atoms with Crippen LogP contribution in [0.3, 0.4) is 0 Å². The second-order valence-corrected chi connectivity index (χ2v) is 8.82. The second kappa shape index (κ2) is 9.03. The third kappa shape index (κ3) is 3.74. The van der Waals surface area contributed by atoms with Gasteiger partial charge in [-0.15, -0.1) is 0 Å². The predicted octanol–water partition coefficient (Wildman–Crippen LogP) is 4.04. The minimum Gasteiger partial charge on any atom is -0.492 e. The maximum atomic E-state index is 14.4. The number of benzene rings is 1. The van der Waals surface area contributed by atoms with E-state index in [0.717, 1.165) is 36.2 Å². The lowest BCUT2D eigenvalue weighted by Gasteiger charge is -2.17. The quantitative estimate of drug-likeness (QED) is 0.312. The van der Waals surface area contributed by atoms with Crippen LogP contribution in [0.1, 0.15) is 39.4 Å². The number of aromatic nitrogens is 4. The van der Waals surface area contributed by atoms with E-state index in [-0.39, 0.29) is 11.7 Å². The monoisotopic (exact) mass is 488 g/mol. The van der Waals surface area contributed by atoms with Gasteiger partial charge in [-0.05, 0) is 43.0 Å². The number of hydrogen-bond acceptors (Lipinski definition) is 6. The van der Waals surface area contributed by atoms with E-state index in [1.54, 1.807) is 24.5 Å². The Kier molecular flexibility index (Phi) is 5.55. The molecule has 2 aliphatic rings. The zero-order valence-corrected chi connectivity index (χ0v) is 19.7. The molecule has 0 fully saturated rings. The number of ether oxygens (including phenoxy) is 2. The molecule has 3 aromatic heterocycles. The number of rotatable bonds is 7. The van der Waals surface area contributed by atoms with Crippen LogP contribution >= 0.6 is 0 Å². The van der Waals surface area contributed by atoms with E-state index in [1.165, 1.54) is 24.4 Å². The van der Waals surface area contributed by atoms with Crippen LogP contribution in [0.25, 0.3) is 11.3 Å². The number of anilines is 2. The van der Waals surface area contributed by atoms with Crippen LogP contribution in [0.2, 0.25) is 0 Å². The molecular formula is C26H25FN6O3. The van der Waals surface area contributed by atoms with Gasteiger partial charge in [0, 0.05) is 36.1 Å². The molecule has 0 radical (unpaired) electrons. The third-order valence-corrected chi connectivity index (χ3v) is 6.71. The van der Waals surface area contributed by atoms with Gasteiger partial charge in [-0.25, -0.2) is 4.39 Å². The fraction of sp³-hybridized carbons (Fsp3) is 0.269. The van der Waals surface area contributed by atoms with Gasteiger partial charge in [-0.2, -0.15) is 5.10 Å². The van der Waals surface area contributed by atoms with Crippen molar-refractivity contribution in [1.82, 2.24) is 25.5 Å². The zero-order chi connectivity index (χ0) is 24.6. The van der Waals surface area contributed by atoms with Crippen LogP contribution in [-0.2, 0) is 25.9 Å². The fourth-order valence-corrected chi connectivity index (χ4v) is 5.01. The second-order valence-electron chi connectivity index (χ2n) is 8.82. The number of nitrogens with zero attached hydrogens (tertiary/aromatic N) is 2. The third-order valence-electron chi connectivity index (χ3n) is 6.71. The van der Waals surface area contributed by atoms with Crippen molar-refractivity contribution in [3.8, 4) is 22.8 Å². The highest BCUT2D eigenvalue weighted by molar-refractivity contribution is 6.06. The normalized spacial score (nSPS) is 14.2.